The lowest BCUT2D eigenvalue weighted by atomic mass is 10.3. The third kappa shape index (κ3) is 3.65. The maximum Gasteiger partial charge on any atom is 0.387 e. The van der Waals surface area contributed by atoms with Crippen molar-refractivity contribution < 1.29 is 13.5 Å². The Bertz CT molecular complexity index is 283. The second kappa shape index (κ2) is 5.09. The van der Waals surface area contributed by atoms with Gasteiger partial charge in [0.15, 0.2) is 0 Å². The average molecular weight is 230 g/mol. The average Bonchev–Trinajstić information content (AvgIpc) is 1.94. The summed E-state index contributed by atoms with van der Waals surface area (Å²) in [7, 11) is 0. The molecule has 0 atom stereocenters. The fourth-order valence-corrected chi connectivity index (χ4v) is 0.903. The van der Waals surface area contributed by atoms with E-state index in [1.165, 1.54) is 18.2 Å². The molecule has 0 saturated heterocycles. The number of anilines is 1. The molecule has 0 radical (unpaired) electrons. The van der Waals surface area contributed by atoms with Crippen LogP contribution in [0, 0.1) is 0 Å². The largest absolute Gasteiger partial charge is 0.433 e. The van der Waals surface area contributed by atoms with Crippen LogP contribution in [0.1, 0.15) is 0 Å². The molecular formula is C7H7Cl2F2NO. The smallest absolute Gasteiger partial charge is 0.387 e. The van der Waals surface area contributed by atoms with Crippen molar-refractivity contribution in [3.05, 3.63) is 23.2 Å². The second-order valence-corrected chi connectivity index (χ2v) is 2.50. The number of hydrogen-bond donors (Lipinski definition) is 1. The third-order valence-corrected chi connectivity index (χ3v) is 1.42. The highest BCUT2D eigenvalue weighted by molar-refractivity contribution is 6.30. The minimum atomic E-state index is -2.87. The van der Waals surface area contributed by atoms with Crippen LogP contribution in [-0.2, 0) is 0 Å². The van der Waals surface area contributed by atoms with Gasteiger partial charge in [-0.1, -0.05) is 11.6 Å². The highest BCUT2D eigenvalue weighted by Crippen LogP contribution is 2.26. The molecule has 0 amide bonds. The maximum absolute atomic E-state index is 11.7. The Kier molecular flexibility index (Phi) is 4.80. The van der Waals surface area contributed by atoms with E-state index in [2.05, 4.69) is 4.74 Å². The molecule has 1 aromatic carbocycles. The minimum Gasteiger partial charge on any atom is -0.433 e. The van der Waals surface area contributed by atoms with Gasteiger partial charge in [0.05, 0.1) is 5.69 Å². The maximum atomic E-state index is 11.7. The van der Waals surface area contributed by atoms with Crippen LogP contribution >= 0.6 is 24.0 Å². The predicted octanol–water partition coefficient (Wildman–Crippen LogP) is 2.95. The molecule has 0 heterocycles. The van der Waals surface area contributed by atoms with Crippen LogP contribution in [0.5, 0.6) is 5.75 Å². The molecule has 0 bridgehead atoms. The van der Waals surface area contributed by atoms with E-state index in [0.29, 0.717) is 5.02 Å². The normalized spacial score (nSPS) is 9.54. The third-order valence-electron chi connectivity index (χ3n) is 1.19. The quantitative estimate of drug-likeness (QED) is 0.792. The van der Waals surface area contributed by atoms with Crippen LogP contribution in [0.3, 0.4) is 0 Å². The topological polar surface area (TPSA) is 35.2 Å². The molecule has 2 nitrogen and oxygen atoms in total. The Morgan fingerprint density at radius 3 is 2.46 bits per heavy atom. The van der Waals surface area contributed by atoms with Gasteiger partial charge in [-0.15, -0.1) is 12.4 Å². The van der Waals surface area contributed by atoms with Crippen LogP contribution in [0.25, 0.3) is 0 Å². The zero-order chi connectivity index (χ0) is 9.14. The van der Waals surface area contributed by atoms with E-state index in [0.717, 1.165) is 0 Å². The first kappa shape index (κ1) is 12.3. The van der Waals surface area contributed by atoms with Gasteiger partial charge in [0, 0.05) is 5.02 Å². The van der Waals surface area contributed by atoms with Gasteiger partial charge in [-0.05, 0) is 18.2 Å². The van der Waals surface area contributed by atoms with Crippen LogP contribution in [0.15, 0.2) is 18.2 Å². The molecule has 2 N–H and O–H groups in total. The number of hydrogen-bond acceptors (Lipinski definition) is 2. The van der Waals surface area contributed by atoms with Gasteiger partial charge in [-0.2, -0.15) is 8.78 Å². The van der Waals surface area contributed by atoms with E-state index >= 15 is 0 Å². The van der Waals surface area contributed by atoms with Crippen molar-refractivity contribution in [2.45, 2.75) is 6.61 Å². The Morgan fingerprint density at radius 2 is 2.00 bits per heavy atom. The van der Waals surface area contributed by atoms with E-state index in [4.69, 9.17) is 17.3 Å². The van der Waals surface area contributed by atoms with Crippen LogP contribution in [-0.4, -0.2) is 6.61 Å². The second-order valence-electron chi connectivity index (χ2n) is 2.06. The number of nitrogens with two attached hydrogens (primary N) is 1. The zero-order valence-electron chi connectivity index (χ0n) is 6.34. The van der Waals surface area contributed by atoms with Crippen molar-refractivity contribution in [2.24, 2.45) is 0 Å². The molecule has 74 valence electrons. The summed E-state index contributed by atoms with van der Waals surface area (Å²) in [5, 5.41) is 0.383. The van der Waals surface area contributed by atoms with Crippen LogP contribution in [0.4, 0.5) is 14.5 Å². The van der Waals surface area contributed by atoms with Crippen molar-refractivity contribution in [3.8, 4) is 5.75 Å². The fraction of sp³-hybridized carbons (Fsp3) is 0.143. The highest BCUT2D eigenvalue weighted by Gasteiger charge is 2.07. The molecule has 0 aromatic heterocycles. The predicted molar refractivity (Wildman–Crippen MR) is 49.7 cm³/mol. The van der Waals surface area contributed by atoms with Crippen molar-refractivity contribution in [2.75, 3.05) is 5.73 Å². The Hall–Kier alpha value is -0.740. The molecule has 1 aromatic rings. The van der Waals surface area contributed by atoms with E-state index in [9.17, 15) is 8.78 Å². The SMILES string of the molecule is Cl.Nc1cc(Cl)ccc1OC(F)F. The summed E-state index contributed by atoms with van der Waals surface area (Å²) in [6, 6.07) is 4.07. The van der Waals surface area contributed by atoms with Crippen molar-refractivity contribution in [1.29, 1.82) is 0 Å². The Labute approximate surface area is 85.0 Å². The lowest BCUT2D eigenvalue weighted by Gasteiger charge is -2.06. The first-order valence-electron chi connectivity index (χ1n) is 3.09. The summed E-state index contributed by atoms with van der Waals surface area (Å²) in [6.45, 7) is -2.87. The van der Waals surface area contributed by atoms with Gasteiger partial charge in [0.2, 0.25) is 0 Å². The summed E-state index contributed by atoms with van der Waals surface area (Å²) in [6.07, 6.45) is 0. The molecule has 0 fully saturated rings. The summed E-state index contributed by atoms with van der Waals surface area (Å²) in [5.41, 5.74) is 5.43. The molecule has 0 saturated carbocycles. The molecule has 6 heteroatoms. The Balaban J connectivity index is 0.00000144. The van der Waals surface area contributed by atoms with Crippen molar-refractivity contribution in [3.63, 3.8) is 0 Å². The van der Waals surface area contributed by atoms with Crippen molar-refractivity contribution in [1.82, 2.24) is 0 Å². The molecule has 1 rings (SSSR count). The summed E-state index contributed by atoms with van der Waals surface area (Å²) >= 11 is 5.53. The summed E-state index contributed by atoms with van der Waals surface area (Å²) in [4.78, 5) is 0. The van der Waals surface area contributed by atoms with Gasteiger partial charge in [0.25, 0.3) is 0 Å². The summed E-state index contributed by atoms with van der Waals surface area (Å²) < 4.78 is 27.5. The molecule has 13 heavy (non-hydrogen) atoms. The molecule has 0 unspecified atom stereocenters. The van der Waals surface area contributed by atoms with Gasteiger partial charge in [-0.3, -0.25) is 0 Å². The van der Waals surface area contributed by atoms with Crippen LogP contribution < -0.4 is 10.5 Å². The van der Waals surface area contributed by atoms with Gasteiger partial charge in [-0.25, -0.2) is 0 Å². The monoisotopic (exact) mass is 229 g/mol. The minimum absolute atomic E-state index is 0. The summed E-state index contributed by atoms with van der Waals surface area (Å²) in [5.74, 6) is -0.0607. The van der Waals surface area contributed by atoms with E-state index in [-0.39, 0.29) is 23.8 Å². The molecular weight excluding hydrogens is 223 g/mol. The van der Waals surface area contributed by atoms with E-state index < -0.39 is 6.61 Å². The molecule has 0 spiro atoms. The van der Waals surface area contributed by atoms with Crippen LogP contribution in [0.2, 0.25) is 5.02 Å². The lowest BCUT2D eigenvalue weighted by Crippen LogP contribution is -2.04. The standard InChI is InChI=1S/C7H6ClF2NO.ClH/c8-4-1-2-6(5(11)3-4)12-7(9)10;/h1-3,7H,11H2;1H. The number of halogens is 4. The van der Waals surface area contributed by atoms with Crippen molar-refractivity contribution >= 4 is 29.7 Å². The van der Waals surface area contributed by atoms with Gasteiger partial charge in [0.1, 0.15) is 5.75 Å². The van der Waals surface area contributed by atoms with E-state index in [1.807, 2.05) is 0 Å². The first-order chi connectivity index (χ1) is 5.59. The number of nitrogen functional groups attached to an aromatic ring is 1. The number of rotatable bonds is 2. The van der Waals surface area contributed by atoms with Gasteiger partial charge < -0.3 is 10.5 Å². The van der Waals surface area contributed by atoms with Gasteiger partial charge >= 0.3 is 6.61 Å². The molecule has 0 aliphatic heterocycles. The van der Waals surface area contributed by atoms with E-state index in [1.54, 1.807) is 0 Å². The number of ether oxygens (including phenoxy) is 1. The lowest BCUT2D eigenvalue weighted by molar-refractivity contribution is -0.0493. The fourth-order valence-electron chi connectivity index (χ4n) is 0.723. The molecule has 0 aliphatic carbocycles. The highest BCUT2D eigenvalue weighted by atomic mass is 35.5. The Morgan fingerprint density at radius 1 is 1.38 bits per heavy atom. The molecule has 0 aliphatic rings. The zero-order valence-corrected chi connectivity index (χ0v) is 7.91. The number of alkyl halides is 2. The number of benzene rings is 1. The first-order valence-corrected chi connectivity index (χ1v) is 3.47.